The zero-order valence-electron chi connectivity index (χ0n) is 42.0. The molecule has 0 amide bonds. The standard InChI is InChI=1S/C59H96O6/c1-4-7-10-13-16-19-22-25-28-29-32-34-37-40-43-46-49-52-58(61)64-55-56(65-59(62)53-50-47-44-41-38-35-31-27-24-21-18-15-12-9-6-3)54-63-57(60)51-48-45-42-39-36-33-30-26-23-20-17-14-11-8-5-2/h9,12,16-21,25-28,30-32,34,38,41,56H,4-8,10-11,13-15,22-24,29,33,35-37,39-40,42-55H2,1-3H3/b12-9-,19-16-,20-17-,21-18-,28-25-,30-26-,31-27-,34-32-,41-38-/t56-/m0/s1. The third-order valence-corrected chi connectivity index (χ3v) is 10.7. The van der Waals surface area contributed by atoms with Crippen LogP contribution in [-0.4, -0.2) is 37.2 Å². The van der Waals surface area contributed by atoms with E-state index in [-0.39, 0.29) is 37.5 Å². The number of hydrogen-bond acceptors (Lipinski definition) is 6. The van der Waals surface area contributed by atoms with Gasteiger partial charge in [-0.15, -0.1) is 0 Å². The Bertz CT molecular complexity index is 1360. The van der Waals surface area contributed by atoms with Crippen LogP contribution in [0.4, 0.5) is 0 Å². The lowest BCUT2D eigenvalue weighted by molar-refractivity contribution is -0.167. The summed E-state index contributed by atoms with van der Waals surface area (Å²) < 4.78 is 16.7. The third kappa shape index (κ3) is 50.9. The molecule has 6 heteroatoms. The molecule has 0 aliphatic carbocycles. The van der Waals surface area contributed by atoms with Gasteiger partial charge in [-0.05, 0) is 128 Å². The number of unbranched alkanes of at least 4 members (excludes halogenated alkanes) is 17. The summed E-state index contributed by atoms with van der Waals surface area (Å²) in [5.74, 6) is -0.993. The van der Waals surface area contributed by atoms with Crippen molar-refractivity contribution in [2.24, 2.45) is 0 Å². The van der Waals surface area contributed by atoms with Gasteiger partial charge < -0.3 is 14.2 Å². The summed E-state index contributed by atoms with van der Waals surface area (Å²) in [6.45, 7) is 6.39. The molecule has 0 bridgehead atoms. The SMILES string of the molecule is CC/C=C\C/C=C\C/C=C\C/C=C\CCCCC(=O)O[C@H](COC(=O)CCCCCC/C=C\C/C=C\C/C=C\CCCCC)COC(=O)CCCCCCC/C=C\C/C=C\CCCCC. The van der Waals surface area contributed by atoms with E-state index in [2.05, 4.69) is 130 Å². The second-order valence-corrected chi connectivity index (χ2v) is 17.0. The first-order valence-corrected chi connectivity index (χ1v) is 26.4. The lowest BCUT2D eigenvalue weighted by atomic mass is 10.1. The highest BCUT2D eigenvalue weighted by Gasteiger charge is 2.19. The van der Waals surface area contributed by atoms with Gasteiger partial charge in [0, 0.05) is 19.3 Å². The molecule has 0 rings (SSSR count). The van der Waals surface area contributed by atoms with E-state index in [0.717, 1.165) is 128 Å². The van der Waals surface area contributed by atoms with Gasteiger partial charge in [-0.25, -0.2) is 0 Å². The van der Waals surface area contributed by atoms with Crippen molar-refractivity contribution in [3.63, 3.8) is 0 Å². The summed E-state index contributed by atoms with van der Waals surface area (Å²) >= 11 is 0. The number of allylic oxidation sites excluding steroid dienone is 18. The summed E-state index contributed by atoms with van der Waals surface area (Å²) in [6.07, 6.45) is 70.7. The maximum atomic E-state index is 12.8. The average Bonchev–Trinajstić information content (AvgIpc) is 3.30. The molecule has 0 aliphatic rings. The van der Waals surface area contributed by atoms with Gasteiger partial charge in [0.05, 0.1) is 0 Å². The van der Waals surface area contributed by atoms with Crippen LogP contribution >= 0.6 is 0 Å². The number of hydrogen-bond donors (Lipinski definition) is 0. The van der Waals surface area contributed by atoms with Gasteiger partial charge in [0.25, 0.3) is 0 Å². The van der Waals surface area contributed by atoms with E-state index in [9.17, 15) is 14.4 Å². The first-order valence-electron chi connectivity index (χ1n) is 26.4. The highest BCUT2D eigenvalue weighted by Crippen LogP contribution is 2.12. The first-order chi connectivity index (χ1) is 32.0. The van der Waals surface area contributed by atoms with Crippen LogP contribution in [-0.2, 0) is 28.6 Å². The Morgan fingerprint density at radius 1 is 0.323 bits per heavy atom. The van der Waals surface area contributed by atoms with Crippen molar-refractivity contribution in [2.75, 3.05) is 13.2 Å². The van der Waals surface area contributed by atoms with E-state index in [1.54, 1.807) is 0 Å². The average molecular weight is 901 g/mol. The second kappa shape index (κ2) is 52.7. The Kier molecular flexibility index (Phi) is 49.5. The molecule has 0 aliphatic heterocycles. The largest absolute Gasteiger partial charge is 0.462 e. The molecule has 0 spiro atoms. The van der Waals surface area contributed by atoms with Crippen LogP contribution in [0, 0.1) is 0 Å². The molecule has 0 N–H and O–H groups in total. The molecule has 1 atom stereocenters. The number of esters is 3. The molecular weight excluding hydrogens is 805 g/mol. The molecule has 0 aromatic carbocycles. The van der Waals surface area contributed by atoms with Crippen molar-refractivity contribution < 1.29 is 28.6 Å². The van der Waals surface area contributed by atoms with Crippen LogP contribution < -0.4 is 0 Å². The highest BCUT2D eigenvalue weighted by atomic mass is 16.6. The van der Waals surface area contributed by atoms with Crippen LogP contribution in [0.3, 0.4) is 0 Å². The Morgan fingerprint density at radius 2 is 0.600 bits per heavy atom. The minimum atomic E-state index is -0.817. The molecule has 6 nitrogen and oxygen atoms in total. The van der Waals surface area contributed by atoms with Gasteiger partial charge in [0.1, 0.15) is 13.2 Å². The van der Waals surface area contributed by atoms with Crippen LogP contribution in [0.1, 0.15) is 226 Å². The van der Waals surface area contributed by atoms with E-state index in [1.165, 1.54) is 51.4 Å². The molecule has 0 saturated carbocycles. The van der Waals surface area contributed by atoms with E-state index in [1.807, 2.05) is 0 Å². The lowest BCUT2D eigenvalue weighted by Gasteiger charge is -2.18. The minimum absolute atomic E-state index is 0.112. The van der Waals surface area contributed by atoms with Crippen molar-refractivity contribution in [1.82, 2.24) is 0 Å². The minimum Gasteiger partial charge on any atom is -0.462 e. The van der Waals surface area contributed by atoms with Crippen molar-refractivity contribution in [1.29, 1.82) is 0 Å². The molecular formula is C59H96O6. The fourth-order valence-electron chi connectivity index (χ4n) is 6.76. The highest BCUT2D eigenvalue weighted by molar-refractivity contribution is 5.71. The van der Waals surface area contributed by atoms with E-state index < -0.39 is 6.10 Å². The molecule has 65 heavy (non-hydrogen) atoms. The topological polar surface area (TPSA) is 78.9 Å². The predicted octanol–water partition coefficient (Wildman–Crippen LogP) is 17.5. The zero-order valence-corrected chi connectivity index (χ0v) is 42.0. The van der Waals surface area contributed by atoms with Crippen LogP contribution in [0.15, 0.2) is 109 Å². The van der Waals surface area contributed by atoms with Gasteiger partial charge in [0.15, 0.2) is 6.10 Å². The van der Waals surface area contributed by atoms with E-state index in [4.69, 9.17) is 14.2 Å². The van der Waals surface area contributed by atoms with Gasteiger partial charge in [-0.3, -0.25) is 14.4 Å². The van der Waals surface area contributed by atoms with E-state index in [0.29, 0.717) is 19.3 Å². The summed E-state index contributed by atoms with van der Waals surface area (Å²) in [4.78, 5) is 38.0. The fourth-order valence-corrected chi connectivity index (χ4v) is 6.76. The molecule has 0 heterocycles. The molecule has 0 radical (unpaired) electrons. The van der Waals surface area contributed by atoms with Gasteiger partial charge in [-0.2, -0.15) is 0 Å². The van der Waals surface area contributed by atoms with Crippen molar-refractivity contribution in [3.05, 3.63) is 109 Å². The quantitative estimate of drug-likeness (QED) is 0.0262. The second-order valence-electron chi connectivity index (χ2n) is 17.0. The van der Waals surface area contributed by atoms with Gasteiger partial charge >= 0.3 is 17.9 Å². The Hall–Kier alpha value is -3.93. The normalized spacial score (nSPS) is 13.0. The Balaban J connectivity index is 4.53. The molecule has 0 aromatic heterocycles. The maximum absolute atomic E-state index is 12.8. The number of ether oxygens (including phenoxy) is 3. The van der Waals surface area contributed by atoms with Crippen LogP contribution in [0.25, 0.3) is 0 Å². The van der Waals surface area contributed by atoms with Crippen LogP contribution in [0.2, 0.25) is 0 Å². The molecule has 368 valence electrons. The monoisotopic (exact) mass is 901 g/mol. The maximum Gasteiger partial charge on any atom is 0.306 e. The van der Waals surface area contributed by atoms with Crippen molar-refractivity contribution in [2.45, 2.75) is 232 Å². The van der Waals surface area contributed by atoms with Crippen molar-refractivity contribution in [3.8, 4) is 0 Å². The summed E-state index contributed by atoms with van der Waals surface area (Å²) in [7, 11) is 0. The van der Waals surface area contributed by atoms with E-state index >= 15 is 0 Å². The zero-order chi connectivity index (χ0) is 47.2. The van der Waals surface area contributed by atoms with Crippen molar-refractivity contribution >= 4 is 17.9 Å². The Labute approximate surface area is 400 Å². The predicted molar refractivity (Wildman–Crippen MR) is 279 cm³/mol. The number of carbonyl (C=O) groups is 3. The number of carbonyl (C=O) groups excluding carboxylic acids is 3. The smallest absolute Gasteiger partial charge is 0.306 e. The Morgan fingerprint density at radius 3 is 0.969 bits per heavy atom. The summed E-state index contributed by atoms with van der Waals surface area (Å²) in [5, 5.41) is 0. The molecule has 0 saturated heterocycles. The molecule has 0 aromatic rings. The summed E-state index contributed by atoms with van der Waals surface area (Å²) in [6, 6.07) is 0. The third-order valence-electron chi connectivity index (χ3n) is 10.7. The lowest BCUT2D eigenvalue weighted by Crippen LogP contribution is -2.30. The van der Waals surface area contributed by atoms with Gasteiger partial charge in [-0.1, -0.05) is 188 Å². The summed E-state index contributed by atoms with van der Waals surface area (Å²) in [5.41, 5.74) is 0. The van der Waals surface area contributed by atoms with Gasteiger partial charge in [0.2, 0.25) is 0 Å². The molecule has 0 unspecified atom stereocenters. The molecule has 0 fully saturated rings. The fraction of sp³-hybridized carbons (Fsp3) is 0.644. The number of rotatable bonds is 46. The van der Waals surface area contributed by atoms with Crippen LogP contribution in [0.5, 0.6) is 0 Å². The first kappa shape index (κ1) is 61.1.